The predicted octanol–water partition coefficient (Wildman–Crippen LogP) is 4.40. The molecule has 194 valence electrons. The van der Waals surface area contributed by atoms with Gasteiger partial charge in [-0.15, -0.1) is 10.2 Å². The molecule has 1 saturated carbocycles. The molecule has 0 bridgehead atoms. The van der Waals surface area contributed by atoms with Gasteiger partial charge in [0.25, 0.3) is 5.91 Å². The molecular formula is C27H24F3N7O. The van der Waals surface area contributed by atoms with Crippen molar-refractivity contribution < 1.29 is 18.0 Å². The minimum atomic E-state index is -0.815. The lowest BCUT2D eigenvalue weighted by Gasteiger charge is -2.29. The minimum Gasteiger partial charge on any atom is -0.369 e. The van der Waals surface area contributed by atoms with Crippen molar-refractivity contribution >= 4 is 28.7 Å². The Kier molecular flexibility index (Phi) is 5.27. The molecule has 4 aromatic rings. The van der Waals surface area contributed by atoms with Gasteiger partial charge in [0.05, 0.1) is 18.4 Å². The molecule has 3 fully saturated rings. The van der Waals surface area contributed by atoms with E-state index in [1.807, 2.05) is 21.9 Å². The summed E-state index contributed by atoms with van der Waals surface area (Å²) in [6.07, 6.45) is 3.86. The smallest absolute Gasteiger partial charge is 0.293 e. The monoisotopic (exact) mass is 519 g/mol. The number of rotatable bonds is 5. The highest BCUT2D eigenvalue weighted by molar-refractivity contribution is 6.02. The van der Waals surface area contributed by atoms with Gasteiger partial charge in [-0.25, -0.2) is 18.2 Å². The van der Waals surface area contributed by atoms with Crippen molar-refractivity contribution in [2.75, 3.05) is 34.8 Å². The van der Waals surface area contributed by atoms with Gasteiger partial charge in [-0.3, -0.25) is 9.20 Å². The van der Waals surface area contributed by atoms with Crippen LogP contribution in [0.1, 0.15) is 35.1 Å². The van der Waals surface area contributed by atoms with Crippen LogP contribution in [0.5, 0.6) is 0 Å². The Hall–Kier alpha value is -4.15. The number of hydrogen-bond acceptors (Lipinski definition) is 6. The molecule has 2 saturated heterocycles. The lowest BCUT2D eigenvalue weighted by Crippen LogP contribution is -2.28. The second-order valence-corrected chi connectivity index (χ2v) is 10.3. The molecule has 2 aliphatic heterocycles. The predicted molar refractivity (Wildman–Crippen MR) is 135 cm³/mol. The maximum Gasteiger partial charge on any atom is 0.293 e. The third-order valence-corrected chi connectivity index (χ3v) is 7.82. The fraction of sp³-hybridized carbons (Fsp3) is 0.333. The Labute approximate surface area is 216 Å². The Morgan fingerprint density at radius 1 is 1.05 bits per heavy atom. The largest absolute Gasteiger partial charge is 0.369 e. The second-order valence-electron chi connectivity index (χ2n) is 10.3. The number of fused-ring (bicyclic) bond motifs is 2. The van der Waals surface area contributed by atoms with Crippen LogP contribution in [0.2, 0.25) is 0 Å². The van der Waals surface area contributed by atoms with Crippen molar-refractivity contribution in [3.05, 3.63) is 77.9 Å². The van der Waals surface area contributed by atoms with E-state index in [4.69, 9.17) is 0 Å². The van der Waals surface area contributed by atoms with Gasteiger partial charge in [-0.1, -0.05) is 0 Å². The SMILES string of the molecule is O=C(Nc1ccc(N2CC[C@H](F)C2)cc1)c1nnc2cnc(N3CC4CC4[C@@H]3c3cc(F)ccc3F)cn12. The van der Waals surface area contributed by atoms with E-state index in [0.29, 0.717) is 54.7 Å². The first-order valence-corrected chi connectivity index (χ1v) is 12.7. The van der Waals surface area contributed by atoms with Crippen LogP contribution in [0.4, 0.5) is 30.4 Å². The number of aromatic nitrogens is 4. The first-order chi connectivity index (χ1) is 18.4. The molecule has 4 atom stereocenters. The molecule has 38 heavy (non-hydrogen) atoms. The Morgan fingerprint density at radius 2 is 1.89 bits per heavy atom. The van der Waals surface area contributed by atoms with E-state index in [2.05, 4.69) is 20.5 Å². The molecule has 2 unspecified atom stereocenters. The third-order valence-electron chi connectivity index (χ3n) is 7.82. The topological polar surface area (TPSA) is 78.7 Å². The van der Waals surface area contributed by atoms with Gasteiger partial charge in [-0.2, -0.15) is 0 Å². The molecule has 8 nitrogen and oxygen atoms in total. The number of nitrogens with zero attached hydrogens (tertiary/aromatic N) is 6. The molecule has 11 heteroatoms. The molecule has 1 amide bonds. The summed E-state index contributed by atoms with van der Waals surface area (Å²) in [6, 6.07) is 10.4. The molecule has 3 aliphatic rings. The second kappa shape index (κ2) is 8.71. The van der Waals surface area contributed by atoms with E-state index >= 15 is 0 Å². The number of carbonyl (C=O) groups is 1. The van der Waals surface area contributed by atoms with Crippen LogP contribution in [-0.2, 0) is 0 Å². The Balaban J connectivity index is 1.14. The lowest BCUT2D eigenvalue weighted by atomic mass is 10.0. The number of alkyl halides is 1. The number of amides is 1. The summed E-state index contributed by atoms with van der Waals surface area (Å²) in [5, 5.41) is 11.0. The standard InChI is InChI=1S/C27H24F3N7O/c28-16-1-6-22(30)21(10-16)25-20-9-15(20)12-36(25)24-14-37-23(11-31-24)33-34-26(37)27(38)32-18-2-4-19(5-3-18)35-8-7-17(29)13-35/h1-6,10-11,14-15,17,20,25H,7-9,12-13H2,(H,32,38)/t15?,17-,20?,25+/m0/s1. The maximum atomic E-state index is 14.7. The Bertz CT molecular complexity index is 1540. The average molecular weight is 520 g/mol. The van der Waals surface area contributed by atoms with E-state index in [1.165, 1.54) is 12.3 Å². The van der Waals surface area contributed by atoms with Gasteiger partial charge in [0.15, 0.2) is 5.65 Å². The first kappa shape index (κ1) is 23.0. The number of halogens is 3. The van der Waals surface area contributed by atoms with Crippen LogP contribution in [0, 0.1) is 23.5 Å². The third kappa shape index (κ3) is 3.93. The summed E-state index contributed by atoms with van der Waals surface area (Å²) in [6.45, 7) is 1.71. The van der Waals surface area contributed by atoms with Crippen LogP contribution in [-0.4, -0.2) is 51.3 Å². The zero-order valence-electron chi connectivity index (χ0n) is 20.3. The number of hydrogen-bond donors (Lipinski definition) is 1. The molecule has 2 aromatic carbocycles. The summed E-state index contributed by atoms with van der Waals surface area (Å²) >= 11 is 0. The van der Waals surface area contributed by atoms with Crippen molar-refractivity contribution in [3.63, 3.8) is 0 Å². The number of benzene rings is 2. The normalized spacial score (nSPS) is 24.2. The Morgan fingerprint density at radius 3 is 2.68 bits per heavy atom. The lowest BCUT2D eigenvalue weighted by molar-refractivity contribution is 0.101. The molecule has 2 aromatic heterocycles. The molecule has 1 N–H and O–H groups in total. The first-order valence-electron chi connectivity index (χ1n) is 12.7. The highest BCUT2D eigenvalue weighted by Crippen LogP contribution is 2.57. The van der Waals surface area contributed by atoms with Crippen LogP contribution < -0.4 is 15.1 Å². The van der Waals surface area contributed by atoms with Gasteiger partial charge in [0, 0.05) is 36.6 Å². The summed E-state index contributed by atoms with van der Waals surface area (Å²) in [5.74, 6) is -0.149. The number of anilines is 3. The van der Waals surface area contributed by atoms with Crippen LogP contribution in [0.25, 0.3) is 5.65 Å². The summed E-state index contributed by atoms with van der Waals surface area (Å²) in [4.78, 5) is 21.6. The molecule has 0 radical (unpaired) electrons. The van der Waals surface area contributed by atoms with Crippen LogP contribution in [0.3, 0.4) is 0 Å². The number of piperidine rings is 1. The fourth-order valence-corrected chi connectivity index (χ4v) is 5.83. The van der Waals surface area contributed by atoms with Crippen molar-refractivity contribution in [1.82, 2.24) is 19.6 Å². The number of carbonyl (C=O) groups excluding carboxylic acids is 1. The van der Waals surface area contributed by atoms with E-state index < -0.39 is 23.7 Å². The van der Waals surface area contributed by atoms with E-state index in [-0.39, 0.29) is 17.8 Å². The van der Waals surface area contributed by atoms with Gasteiger partial charge < -0.3 is 15.1 Å². The van der Waals surface area contributed by atoms with Crippen molar-refractivity contribution in [2.24, 2.45) is 11.8 Å². The van der Waals surface area contributed by atoms with Crippen LogP contribution in [0.15, 0.2) is 54.9 Å². The van der Waals surface area contributed by atoms with Crippen molar-refractivity contribution in [3.8, 4) is 0 Å². The van der Waals surface area contributed by atoms with Gasteiger partial charge >= 0.3 is 0 Å². The number of nitrogens with one attached hydrogen (secondary N) is 1. The molecular weight excluding hydrogens is 495 g/mol. The van der Waals surface area contributed by atoms with Crippen LogP contribution >= 0.6 is 0 Å². The van der Waals surface area contributed by atoms with Gasteiger partial charge in [0.2, 0.25) is 5.82 Å². The molecule has 1 aliphatic carbocycles. The summed E-state index contributed by atoms with van der Waals surface area (Å²) in [5.41, 5.74) is 2.18. The fourth-order valence-electron chi connectivity index (χ4n) is 5.83. The van der Waals surface area contributed by atoms with Crippen molar-refractivity contribution in [1.29, 1.82) is 0 Å². The molecule has 4 heterocycles. The van der Waals surface area contributed by atoms with Gasteiger partial charge in [-0.05, 0) is 67.1 Å². The van der Waals surface area contributed by atoms with E-state index in [1.54, 1.807) is 22.7 Å². The molecule has 0 spiro atoms. The summed E-state index contributed by atoms with van der Waals surface area (Å²) in [7, 11) is 0. The minimum absolute atomic E-state index is 0.0744. The average Bonchev–Trinajstić information content (AvgIpc) is 3.22. The van der Waals surface area contributed by atoms with E-state index in [0.717, 1.165) is 24.2 Å². The van der Waals surface area contributed by atoms with Gasteiger partial charge in [0.1, 0.15) is 23.6 Å². The zero-order chi connectivity index (χ0) is 26.0. The molecule has 7 rings (SSSR count). The zero-order valence-corrected chi connectivity index (χ0v) is 20.3. The van der Waals surface area contributed by atoms with E-state index in [9.17, 15) is 18.0 Å². The highest BCUT2D eigenvalue weighted by atomic mass is 19.1. The summed E-state index contributed by atoms with van der Waals surface area (Å²) < 4.78 is 43.8. The highest BCUT2D eigenvalue weighted by Gasteiger charge is 2.54. The quantitative estimate of drug-likeness (QED) is 0.421. The van der Waals surface area contributed by atoms with Crippen molar-refractivity contribution in [2.45, 2.75) is 25.1 Å². The maximum absolute atomic E-state index is 14.7.